The molecule has 0 atom stereocenters. The van der Waals surface area contributed by atoms with E-state index in [-0.39, 0.29) is 11.5 Å². The zero-order valence-corrected chi connectivity index (χ0v) is 21.3. The van der Waals surface area contributed by atoms with Gasteiger partial charge in [0.05, 0.1) is 17.5 Å². The second-order valence-electron chi connectivity index (χ2n) is 9.99. The van der Waals surface area contributed by atoms with Crippen molar-refractivity contribution >= 4 is 40.5 Å². The number of rotatable bonds is 5. The Morgan fingerprint density at radius 3 is 2.58 bits per heavy atom. The molecule has 0 aliphatic carbocycles. The molecular weight excluding hydrogens is 474 g/mol. The van der Waals surface area contributed by atoms with Crippen LogP contribution in [0.5, 0.6) is 0 Å². The van der Waals surface area contributed by atoms with E-state index in [0.29, 0.717) is 22.4 Å². The summed E-state index contributed by atoms with van der Waals surface area (Å²) < 4.78 is 2.02. The number of nitrogens with zero attached hydrogens (tertiary/aromatic N) is 7. The monoisotopic (exact) mass is 501 g/mol. The summed E-state index contributed by atoms with van der Waals surface area (Å²) in [5.41, 5.74) is 3.30. The van der Waals surface area contributed by atoms with Crippen LogP contribution in [0.25, 0.3) is 5.65 Å². The Balaban J connectivity index is 1.24. The molecule has 5 rings (SSSR count). The molecule has 1 aliphatic rings. The van der Waals surface area contributed by atoms with Gasteiger partial charge in [0.1, 0.15) is 22.6 Å². The van der Waals surface area contributed by atoms with Crippen LogP contribution in [-0.4, -0.2) is 43.5 Å². The summed E-state index contributed by atoms with van der Waals surface area (Å²) in [4.78, 5) is 20.4. The van der Waals surface area contributed by atoms with Gasteiger partial charge in [0.25, 0.3) is 0 Å². The lowest BCUT2D eigenvalue weighted by atomic mass is 9.93. The minimum absolute atomic E-state index is 0.0197. The predicted octanol–water partition coefficient (Wildman–Crippen LogP) is 5.17. The Hall–Kier alpha value is -3.90. The minimum Gasteiger partial charge on any atom is -0.366 e. The van der Waals surface area contributed by atoms with E-state index < -0.39 is 0 Å². The fourth-order valence-electron chi connectivity index (χ4n) is 4.16. The normalized spacial score (nSPS) is 14.6. The number of nitriles is 1. The van der Waals surface area contributed by atoms with Crippen LogP contribution in [-0.2, 0) is 5.41 Å². The fraction of sp³-hybridized carbons (Fsp3) is 0.346. The number of piperidine rings is 1. The van der Waals surface area contributed by atoms with Gasteiger partial charge in [-0.3, -0.25) is 0 Å². The SMILES string of the molecule is CC(C)(C)c1cn2ccc(Nc3ncc(Cl)c(NC4CCN(c5ccc(C#N)cn5)CC4)n3)cc2n1. The third kappa shape index (κ3) is 5.19. The number of nitrogens with one attached hydrogen (secondary N) is 2. The molecule has 2 N–H and O–H groups in total. The predicted molar refractivity (Wildman–Crippen MR) is 142 cm³/mol. The van der Waals surface area contributed by atoms with Crippen molar-refractivity contribution in [2.45, 2.75) is 45.1 Å². The Kier molecular flexibility index (Phi) is 6.37. The maximum Gasteiger partial charge on any atom is 0.229 e. The highest BCUT2D eigenvalue weighted by Crippen LogP contribution is 2.27. The van der Waals surface area contributed by atoms with E-state index in [1.165, 1.54) is 0 Å². The van der Waals surface area contributed by atoms with Gasteiger partial charge in [-0.2, -0.15) is 10.2 Å². The van der Waals surface area contributed by atoms with Gasteiger partial charge in [-0.1, -0.05) is 32.4 Å². The molecule has 0 amide bonds. The molecule has 1 fully saturated rings. The Labute approximate surface area is 215 Å². The minimum atomic E-state index is -0.0197. The molecule has 4 aromatic rings. The second-order valence-corrected chi connectivity index (χ2v) is 10.4. The lowest BCUT2D eigenvalue weighted by Gasteiger charge is -2.33. The molecule has 0 radical (unpaired) electrons. The number of aromatic nitrogens is 5. The Bertz CT molecular complexity index is 1410. The summed E-state index contributed by atoms with van der Waals surface area (Å²) >= 11 is 6.42. The second kappa shape index (κ2) is 9.63. The lowest BCUT2D eigenvalue weighted by molar-refractivity contribution is 0.522. The molecule has 36 heavy (non-hydrogen) atoms. The molecular formula is C26H28ClN9. The van der Waals surface area contributed by atoms with E-state index in [4.69, 9.17) is 21.8 Å². The molecule has 1 saturated heterocycles. The number of pyridine rings is 2. The number of hydrogen-bond donors (Lipinski definition) is 2. The first-order valence-corrected chi connectivity index (χ1v) is 12.3. The Morgan fingerprint density at radius 1 is 1.08 bits per heavy atom. The molecule has 0 aromatic carbocycles. The van der Waals surface area contributed by atoms with Gasteiger partial charge in [0.2, 0.25) is 5.95 Å². The molecule has 0 unspecified atom stereocenters. The summed E-state index contributed by atoms with van der Waals surface area (Å²) in [7, 11) is 0. The quantitative estimate of drug-likeness (QED) is 0.386. The van der Waals surface area contributed by atoms with E-state index in [2.05, 4.69) is 63.5 Å². The van der Waals surface area contributed by atoms with Gasteiger partial charge in [0, 0.05) is 54.9 Å². The van der Waals surface area contributed by atoms with Gasteiger partial charge in [-0.15, -0.1) is 0 Å². The van der Waals surface area contributed by atoms with Crippen molar-refractivity contribution in [1.82, 2.24) is 24.3 Å². The Morgan fingerprint density at radius 2 is 1.89 bits per heavy atom. The molecule has 0 saturated carbocycles. The van der Waals surface area contributed by atoms with Crippen molar-refractivity contribution < 1.29 is 0 Å². The maximum atomic E-state index is 8.97. The highest BCUT2D eigenvalue weighted by molar-refractivity contribution is 6.32. The number of fused-ring (bicyclic) bond motifs is 1. The summed E-state index contributed by atoms with van der Waals surface area (Å²) in [6.07, 6.45) is 9.09. The summed E-state index contributed by atoms with van der Waals surface area (Å²) in [5.74, 6) is 1.97. The highest BCUT2D eigenvalue weighted by Gasteiger charge is 2.22. The van der Waals surface area contributed by atoms with Crippen LogP contribution in [0.2, 0.25) is 5.02 Å². The summed E-state index contributed by atoms with van der Waals surface area (Å²) in [5, 5.41) is 16.2. The summed E-state index contributed by atoms with van der Waals surface area (Å²) in [6, 6.07) is 9.99. The van der Waals surface area contributed by atoms with E-state index in [1.54, 1.807) is 18.5 Å². The van der Waals surface area contributed by atoms with Crippen LogP contribution in [0.3, 0.4) is 0 Å². The molecule has 10 heteroatoms. The molecule has 4 aromatic heterocycles. The van der Waals surface area contributed by atoms with E-state index >= 15 is 0 Å². The average molecular weight is 502 g/mol. The number of halogens is 1. The van der Waals surface area contributed by atoms with Crippen LogP contribution >= 0.6 is 11.6 Å². The molecule has 0 spiro atoms. The van der Waals surface area contributed by atoms with Crippen molar-refractivity contribution in [3.05, 3.63) is 65.3 Å². The molecule has 0 bridgehead atoms. The van der Waals surface area contributed by atoms with Crippen molar-refractivity contribution in [3.63, 3.8) is 0 Å². The van der Waals surface area contributed by atoms with E-state index in [0.717, 1.165) is 48.8 Å². The van der Waals surface area contributed by atoms with Gasteiger partial charge < -0.3 is 19.9 Å². The first-order valence-electron chi connectivity index (χ1n) is 11.9. The van der Waals surface area contributed by atoms with Crippen LogP contribution in [0, 0.1) is 11.3 Å². The molecule has 9 nitrogen and oxygen atoms in total. The number of imidazole rings is 1. The number of hydrogen-bond acceptors (Lipinski definition) is 8. The van der Waals surface area contributed by atoms with Crippen LogP contribution in [0.4, 0.5) is 23.3 Å². The fourth-order valence-corrected chi connectivity index (χ4v) is 4.31. The van der Waals surface area contributed by atoms with Crippen molar-refractivity contribution in [2.24, 2.45) is 0 Å². The smallest absolute Gasteiger partial charge is 0.229 e. The van der Waals surface area contributed by atoms with E-state index in [1.807, 2.05) is 28.8 Å². The zero-order valence-electron chi connectivity index (χ0n) is 20.5. The topological polar surface area (TPSA) is 107 Å². The molecule has 1 aliphatic heterocycles. The van der Waals surface area contributed by atoms with Gasteiger partial charge in [-0.05, 0) is 31.0 Å². The third-order valence-corrected chi connectivity index (χ3v) is 6.54. The highest BCUT2D eigenvalue weighted by atomic mass is 35.5. The maximum absolute atomic E-state index is 8.97. The van der Waals surface area contributed by atoms with Crippen molar-refractivity contribution in [3.8, 4) is 6.07 Å². The molecule has 5 heterocycles. The third-order valence-electron chi connectivity index (χ3n) is 6.27. The van der Waals surface area contributed by atoms with E-state index in [9.17, 15) is 0 Å². The first-order chi connectivity index (χ1) is 17.3. The lowest BCUT2D eigenvalue weighted by Crippen LogP contribution is -2.39. The standard InChI is InChI=1S/C26H28ClN9/c1-26(2,3)21-16-36-11-8-19(12-23(36)33-21)32-25-30-15-20(27)24(34-25)31-18-6-9-35(10-7-18)22-5-4-17(13-28)14-29-22/h4-5,8,11-12,14-16,18H,6-7,9-10H2,1-3H3,(H2,30,31,32,34). The largest absolute Gasteiger partial charge is 0.366 e. The van der Waals surface area contributed by atoms with Gasteiger partial charge in [0.15, 0.2) is 5.82 Å². The summed E-state index contributed by atoms with van der Waals surface area (Å²) in [6.45, 7) is 8.16. The van der Waals surface area contributed by atoms with Crippen molar-refractivity contribution in [2.75, 3.05) is 28.6 Å². The van der Waals surface area contributed by atoms with Crippen LogP contribution in [0.1, 0.15) is 44.9 Å². The van der Waals surface area contributed by atoms with Crippen LogP contribution in [0.15, 0.2) is 49.1 Å². The van der Waals surface area contributed by atoms with Gasteiger partial charge >= 0.3 is 0 Å². The van der Waals surface area contributed by atoms with Crippen molar-refractivity contribution in [1.29, 1.82) is 5.26 Å². The zero-order chi connectivity index (χ0) is 25.3. The number of anilines is 4. The first kappa shape index (κ1) is 23.8. The average Bonchev–Trinajstić information content (AvgIpc) is 3.31. The molecule has 184 valence electrons. The van der Waals surface area contributed by atoms with Crippen LogP contribution < -0.4 is 15.5 Å². The van der Waals surface area contributed by atoms with Gasteiger partial charge in [-0.25, -0.2) is 15.0 Å².